The molecule has 10 rings (SSSR count). The SMILES string of the molecule is C1=Cc2c(c3c4ccccc4ccc3n2-c2nc(-c3cccc4c3sc3c(-c5ccccc5)cccc34)c3ccccc3n2)CC1. The summed E-state index contributed by atoms with van der Waals surface area (Å²) in [5.41, 5.74) is 9.28. The summed E-state index contributed by atoms with van der Waals surface area (Å²) in [7, 11) is 0. The third kappa shape index (κ3) is 3.71. The first-order chi connectivity index (χ1) is 22.8. The number of rotatable bonds is 3. The maximum atomic E-state index is 5.48. The maximum absolute atomic E-state index is 5.48. The minimum Gasteiger partial charge on any atom is -0.278 e. The minimum absolute atomic E-state index is 0.713. The molecule has 0 aliphatic heterocycles. The number of para-hydroxylation sites is 1. The van der Waals surface area contributed by atoms with Crippen LogP contribution in [0.1, 0.15) is 17.7 Å². The predicted molar refractivity (Wildman–Crippen MR) is 195 cm³/mol. The molecular formula is C42H27N3S. The van der Waals surface area contributed by atoms with Gasteiger partial charge in [0.1, 0.15) is 0 Å². The summed E-state index contributed by atoms with van der Waals surface area (Å²) >= 11 is 1.86. The number of hydrogen-bond donors (Lipinski definition) is 0. The van der Waals surface area contributed by atoms with Gasteiger partial charge in [-0.2, -0.15) is 0 Å². The van der Waals surface area contributed by atoms with Crippen LogP contribution in [-0.2, 0) is 6.42 Å². The fourth-order valence-electron chi connectivity index (χ4n) is 7.44. The van der Waals surface area contributed by atoms with E-state index in [0.717, 1.165) is 40.5 Å². The minimum atomic E-state index is 0.713. The Morgan fingerprint density at radius 1 is 0.587 bits per heavy atom. The Balaban J connectivity index is 1.28. The second-order valence-corrected chi connectivity index (χ2v) is 13.1. The van der Waals surface area contributed by atoms with Crippen molar-refractivity contribution in [1.82, 2.24) is 14.5 Å². The van der Waals surface area contributed by atoms with Crippen LogP contribution in [0.3, 0.4) is 0 Å². The summed E-state index contributed by atoms with van der Waals surface area (Å²) in [6.45, 7) is 0. The van der Waals surface area contributed by atoms with Crippen molar-refractivity contribution in [2.75, 3.05) is 0 Å². The first-order valence-corrected chi connectivity index (χ1v) is 16.6. The van der Waals surface area contributed by atoms with Gasteiger partial charge in [0.05, 0.1) is 22.4 Å². The smallest absolute Gasteiger partial charge is 0.235 e. The normalized spacial score (nSPS) is 13.0. The second-order valence-electron chi connectivity index (χ2n) is 12.0. The lowest BCUT2D eigenvalue weighted by molar-refractivity contribution is 0.929. The van der Waals surface area contributed by atoms with Crippen LogP contribution in [0.25, 0.3) is 87.2 Å². The van der Waals surface area contributed by atoms with Crippen molar-refractivity contribution < 1.29 is 0 Å². The Labute approximate surface area is 269 Å². The molecule has 0 fully saturated rings. The number of fused-ring (bicyclic) bond motifs is 9. The lowest BCUT2D eigenvalue weighted by Crippen LogP contribution is -2.06. The fourth-order valence-corrected chi connectivity index (χ4v) is 8.79. The van der Waals surface area contributed by atoms with Crippen LogP contribution in [0.5, 0.6) is 0 Å². The van der Waals surface area contributed by atoms with Crippen molar-refractivity contribution in [3.05, 3.63) is 145 Å². The van der Waals surface area contributed by atoms with Crippen LogP contribution in [0.4, 0.5) is 0 Å². The fraction of sp³-hybridized carbons (Fsp3) is 0.0476. The van der Waals surface area contributed by atoms with E-state index in [1.807, 2.05) is 11.3 Å². The Hall–Kier alpha value is -5.58. The first kappa shape index (κ1) is 25.7. The van der Waals surface area contributed by atoms with E-state index in [1.54, 1.807) is 0 Å². The molecule has 3 nitrogen and oxygen atoms in total. The molecule has 4 heteroatoms. The van der Waals surface area contributed by atoms with Gasteiger partial charge in [0, 0.05) is 36.5 Å². The standard InChI is InChI=1S/C42H27N3S/c1-2-12-26(13-3-1)29-18-10-19-30-31-20-11-21-34(41(31)46-40(29)30)39-32-16-6-8-22-35(32)43-42(44-39)45-36-23-9-7-17-33(36)38-28-15-5-4-14-27(28)24-25-37(38)45/h1-6,8-16,18-25H,7,17H2. The van der Waals surface area contributed by atoms with E-state index < -0.39 is 0 Å². The number of hydrogen-bond acceptors (Lipinski definition) is 3. The zero-order chi connectivity index (χ0) is 30.2. The Kier molecular flexibility index (Phi) is 5.57. The molecule has 0 unspecified atom stereocenters. The average molecular weight is 606 g/mol. The summed E-state index contributed by atoms with van der Waals surface area (Å²) in [6.07, 6.45) is 6.60. The van der Waals surface area contributed by atoms with Gasteiger partial charge in [0.15, 0.2) is 0 Å². The van der Waals surface area contributed by atoms with E-state index in [0.29, 0.717) is 5.95 Å². The van der Waals surface area contributed by atoms with Gasteiger partial charge in [-0.1, -0.05) is 121 Å². The number of nitrogens with zero attached hydrogens (tertiary/aromatic N) is 3. The molecule has 0 spiro atoms. The number of benzene rings is 6. The Morgan fingerprint density at radius 3 is 2.17 bits per heavy atom. The molecule has 3 aromatic heterocycles. The lowest BCUT2D eigenvalue weighted by atomic mass is 9.97. The van der Waals surface area contributed by atoms with Crippen molar-refractivity contribution in [2.24, 2.45) is 0 Å². The van der Waals surface area contributed by atoms with E-state index in [1.165, 1.54) is 58.7 Å². The molecule has 0 bridgehead atoms. The zero-order valence-corrected chi connectivity index (χ0v) is 25.8. The monoisotopic (exact) mass is 605 g/mol. The molecule has 0 atom stereocenters. The molecule has 0 radical (unpaired) electrons. The van der Waals surface area contributed by atoms with Crippen LogP contribution < -0.4 is 0 Å². The molecule has 0 saturated heterocycles. The van der Waals surface area contributed by atoms with Gasteiger partial charge in [0.2, 0.25) is 5.95 Å². The van der Waals surface area contributed by atoms with Gasteiger partial charge in [-0.3, -0.25) is 4.57 Å². The van der Waals surface area contributed by atoms with E-state index in [4.69, 9.17) is 9.97 Å². The molecule has 1 aliphatic carbocycles. The topological polar surface area (TPSA) is 30.7 Å². The van der Waals surface area contributed by atoms with Crippen molar-refractivity contribution in [1.29, 1.82) is 0 Å². The van der Waals surface area contributed by atoms with Gasteiger partial charge >= 0.3 is 0 Å². The van der Waals surface area contributed by atoms with E-state index in [-0.39, 0.29) is 0 Å². The van der Waals surface area contributed by atoms with Crippen molar-refractivity contribution >= 4 is 70.2 Å². The molecule has 0 saturated carbocycles. The molecule has 216 valence electrons. The Bertz CT molecular complexity index is 2700. The maximum Gasteiger partial charge on any atom is 0.235 e. The number of thiophene rings is 1. The largest absolute Gasteiger partial charge is 0.278 e. The van der Waals surface area contributed by atoms with Crippen LogP contribution in [0.2, 0.25) is 0 Å². The van der Waals surface area contributed by atoms with Crippen LogP contribution in [0.15, 0.2) is 133 Å². The summed E-state index contributed by atoms with van der Waals surface area (Å²) < 4.78 is 4.85. The quantitative estimate of drug-likeness (QED) is 0.201. The van der Waals surface area contributed by atoms with Crippen molar-refractivity contribution in [3.63, 3.8) is 0 Å². The van der Waals surface area contributed by atoms with Gasteiger partial charge in [-0.25, -0.2) is 9.97 Å². The highest BCUT2D eigenvalue weighted by Crippen LogP contribution is 2.45. The van der Waals surface area contributed by atoms with E-state index in [9.17, 15) is 0 Å². The summed E-state index contributed by atoms with van der Waals surface area (Å²) in [5, 5.41) is 7.47. The third-order valence-electron chi connectivity index (χ3n) is 9.49. The van der Waals surface area contributed by atoms with Gasteiger partial charge in [0.25, 0.3) is 0 Å². The highest BCUT2D eigenvalue weighted by molar-refractivity contribution is 7.26. The molecular weight excluding hydrogens is 579 g/mol. The van der Waals surface area contributed by atoms with Crippen molar-refractivity contribution in [2.45, 2.75) is 12.8 Å². The molecule has 1 aliphatic rings. The van der Waals surface area contributed by atoms with Gasteiger partial charge in [-0.15, -0.1) is 11.3 Å². The van der Waals surface area contributed by atoms with E-state index in [2.05, 4.69) is 144 Å². The molecule has 0 amide bonds. The first-order valence-electron chi connectivity index (χ1n) is 15.8. The summed E-state index contributed by atoms with van der Waals surface area (Å²) in [5.74, 6) is 0.713. The number of allylic oxidation sites excluding steroid dienone is 1. The predicted octanol–water partition coefficient (Wildman–Crippen LogP) is 11.4. The number of aryl methyl sites for hydroxylation is 1. The highest BCUT2D eigenvalue weighted by Gasteiger charge is 2.23. The highest BCUT2D eigenvalue weighted by atomic mass is 32.1. The van der Waals surface area contributed by atoms with Gasteiger partial charge in [-0.05, 0) is 58.5 Å². The van der Waals surface area contributed by atoms with Crippen molar-refractivity contribution in [3.8, 4) is 28.3 Å². The second kappa shape index (κ2) is 9.96. The van der Waals surface area contributed by atoms with Gasteiger partial charge < -0.3 is 0 Å². The molecule has 9 aromatic rings. The van der Waals surface area contributed by atoms with Crippen LogP contribution in [-0.4, -0.2) is 14.5 Å². The van der Waals surface area contributed by atoms with Crippen LogP contribution in [0, 0.1) is 0 Å². The third-order valence-corrected chi connectivity index (χ3v) is 10.8. The Morgan fingerprint density at radius 2 is 1.30 bits per heavy atom. The average Bonchev–Trinajstić information content (AvgIpc) is 3.68. The van der Waals surface area contributed by atoms with E-state index >= 15 is 0 Å². The lowest BCUT2D eigenvalue weighted by Gasteiger charge is -2.14. The molecule has 3 heterocycles. The van der Waals surface area contributed by atoms with Crippen LogP contribution >= 0.6 is 11.3 Å². The summed E-state index contributed by atoms with van der Waals surface area (Å²) in [6, 6.07) is 45.7. The zero-order valence-electron chi connectivity index (χ0n) is 24.9. The molecule has 0 N–H and O–H groups in total. The number of aromatic nitrogens is 3. The summed E-state index contributed by atoms with van der Waals surface area (Å²) in [4.78, 5) is 10.7. The molecule has 46 heavy (non-hydrogen) atoms. The molecule has 6 aromatic carbocycles.